The van der Waals surface area contributed by atoms with E-state index in [1.165, 1.54) is 27.1 Å². The van der Waals surface area contributed by atoms with Crippen LogP contribution in [0.2, 0.25) is 0 Å². The Kier molecular flexibility index (Phi) is 5.12. The highest BCUT2D eigenvalue weighted by atomic mass is 79.9. The average Bonchev–Trinajstić information content (AvgIpc) is 3.13. The first-order chi connectivity index (χ1) is 10.7. The van der Waals surface area contributed by atoms with Crippen LogP contribution in [0.15, 0.2) is 45.6 Å². The lowest BCUT2D eigenvalue weighted by Crippen LogP contribution is -2.25. The Morgan fingerprint density at radius 2 is 2.00 bits per heavy atom. The second-order valence-corrected chi connectivity index (χ2v) is 7.55. The van der Waals surface area contributed by atoms with Gasteiger partial charge in [-0.1, -0.05) is 18.2 Å². The summed E-state index contributed by atoms with van der Waals surface area (Å²) in [6.45, 7) is 1.51. The maximum absolute atomic E-state index is 11.9. The number of hydrogen-bond acceptors (Lipinski definition) is 4. The highest BCUT2D eigenvalue weighted by Gasteiger charge is 2.07. The molecule has 0 aliphatic rings. The Balaban J connectivity index is 1.43. The van der Waals surface area contributed by atoms with Gasteiger partial charge in [0.15, 0.2) is 0 Å². The molecule has 0 aliphatic heterocycles. The molecule has 3 nitrogen and oxygen atoms in total. The average molecular weight is 395 g/mol. The third-order valence-electron chi connectivity index (χ3n) is 3.23. The molecule has 0 bridgehead atoms. The number of thiophene rings is 2. The molecule has 0 saturated carbocycles. The van der Waals surface area contributed by atoms with Crippen LogP contribution in [0.25, 0.3) is 10.1 Å². The number of amides is 1. The zero-order valence-corrected chi connectivity index (χ0v) is 15.0. The molecule has 2 aromatic heterocycles. The van der Waals surface area contributed by atoms with Gasteiger partial charge in [-0.05, 0) is 34.5 Å². The van der Waals surface area contributed by atoms with E-state index < -0.39 is 0 Å². The summed E-state index contributed by atoms with van der Waals surface area (Å²) in [4.78, 5) is 12.6. The van der Waals surface area contributed by atoms with Crippen molar-refractivity contribution in [1.29, 1.82) is 0 Å². The van der Waals surface area contributed by atoms with Gasteiger partial charge in [0.2, 0.25) is 0 Å². The molecule has 3 aromatic rings. The van der Waals surface area contributed by atoms with E-state index >= 15 is 0 Å². The minimum Gasteiger partial charge on any atom is -0.384 e. The summed E-state index contributed by atoms with van der Waals surface area (Å²) in [5.41, 5.74) is 1.18. The SMILES string of the molecule is O=C(NCCCNc1csc2ccccc12)c1cc(Br)cs1. The fraction of sp³-hybridized carbons (Fsp3) is 0.188. The molecule has 114 valence electrons. The normalized spacial score (nSPS) is 10.8. The lowest BCUT2D eigenvalue weighted by molar-refractivity contribution is 0.0957. The summed E-state index contributed by atoms with van der Waals surface area (Å²) in [6, 6.07) is 10.2. The largest absolute Gasteiger partial charge is 0.384 e. The Bertz CT molecular complexity index is 781. The Labute approximate surface area is 145 Å². The predicted molar refractivity (Wildman–Crippen MR) is 99.3 cm³/mol. The number of nitrogens with one attached hydrogen (secondary N) is 2. The van der Waals surface area contributed by atoms with Gasteiger partial charge < -0.3 is 10.6 Å². The van der Waals surface area contributed by atoms with Gasteiger partial charge in [-0.3, -0.25) is 4.79 Å². The highest BCUT2D eigenvalue weighted by Crippen LogP contribution is 2.29. The maximum Gasteiger partial charge on any atom is 0.261 e. The van der Waals surface area contributed by atoms with Crippen LogP contribution in [0.3, 0.4) is 0 Å². The first-order valence-electron chi connectivity index (χ1n) is 6.96. The van der Waals surface area contributed by atoms with Crippen molar-refractivity contribution in [3.05, 3.63) is 50.4 Å². The number of rotatable bonds is 6. The second kappa shape index (κ2) is 7.26. The van der Waals surface area contributed by atoms with Crippen LogP contribution in [0.4, 0.5) is 5.69 Å². The van der Waals surface area contributed by atoms with E-state index in [2.05, 4.69) is 56.2 Å². The Morgan fingerprint density at radius 1 is 1.14 bits per heavy atom. The van der Waals surface area contributed by atoms with Gasteiger partial charge in [0.05, 0.1) is 10.6 Å². The lowest BCUT2D eigenvalue weighted by Gasteiger charge is -2.06. The Morgan fingerprint density at radius 3 is 2.82 bits per heavy atom. The van der Waals surface area contributed by atoms with E-state index in [1.54, 1.807) is 11.3 Å². The van der Waals surface area contributed by atoms with Gasteiger partial charge in [-0.15, -0.1) is 22.7 Å². The van der Waals surface area contributed by atoms with Crippen LogP contribution in [0.5, 0.6) is 0 Å². The number of benzene rings is 1. The molecule has 3 rings (SSSR count). The van der Waals surface area contributed by atoms with Crippen LogP contribution >= 0.6 is 38.6 Å². The number of fused-ring (bicyclic) bond motifs is 1. The van der Waals surface area contributed by atoms with Gasteiger partial charge in [-0.2, -0.15) is 0 Å². The molecule has 6 heteroatoms. The number of carbonyl (C=O) groups excluding carboxylic acids is 1. The minimum atomic E-state index is -0.00307. The van der Waals surface area contributed by atoms with Crippen LogP contribution < -0.4 is 10.6 Å². The third-order valence-corrected chi connectivity index (χ3v) is 5.88. The quantitative estimate of drug-likeness (QED) is 0.580. The number of anilines is 1. The van der Waals surface area contributed by atoms with Crippen LogP contribution in [-0.2, 0) is 0 Å². The first kappa shape index (κ1) is 15.5. The molecule has 0 atom stereocenters. The first-order valence-corrected chi connectivity index (χ1v) is 9.51. The van der Waals surface area contributed by atoms with Crippen molar-refractivity contribution in [2.75, 3.05) is 18.4 Å². The van der Waals surface area contributed by atoms with Crippen LogP contribution in [0, 0.1) is 0 Å². The summed E-state index contributed by atoms with van der Waals surface area (Å²) in [5, 5.41) is 11.7. The van der Waals surface area contributed by atoms with E-state index in [4.69, 9.17) is 0 Å². The van der Waals surface area contributed by atoms with Gasteiger partial charge >= 0.3 is 0 Å². The van der Waals surface area contributed by atoms with E-state index in [0.29, 0.717) is 6.54 Å². The lowest BCUT2D eigenvalue weighted by atomic mass is 10.2. The summed E-state index contributed by atoms with van der Waals surface area (Å²) >= 11 is 6.55. The van der Waals surface area contributed by atoms with E-state index in [-0.39, 0.29) is 5.91 Å². The molecule has 2 heterocycles. The maximum atomic E-state index is 11.9. The molecule has 0 unspecified atom stereocenters. The zero-order valence-electron chi connectivity index (χ0n) is 11.8. The monoisotopic (exact) mass is 394 g/mol. The standard InChI is InChI=1S/C16H15BrN2OS2/c17-11-8-15(21-9-11)16(20)19-7-3-6-18-13-10-22-14-5-2-1-4-12(13)14/h1-2,4-5,8-10,18H,3,6-7H2,(H,19,20). The molecule has 0 spiro atoms. The molecule has 1 aromatic carbocycles. The molecular formula is C16H15BrN2OS2. The van der Waals surface area contributed by atoms with Crippen molar-refractivity contribution in [1.82, 2.24) is 5.32 Å². The molecule has 0 radical (unpaired) electrons. The van der Waals surface area contributed by atoms with Gasteiger partial charge in [0.1, 0.15) is 0 Å². The van der Waals surface area contributed by atoms with Crippen LogP contribution in [-0.4, -0.2) is 19.0 Å². The molecule has 22 heavy (non-hydrogen) atoms. The smallest absolute Gasteiger partial charge is 0.261 e. The molecule has 0 fully saturated rings. The topological polar surface area (TPSA) is 41.1 Å². The van der Waals surface area contributed by atoms with E-state index in [1.807, 2.05) is 11.4 Å². The Hall–Kier alpha value is -1.37. The van der Waals surface area contributed by atoms with Crippen LogP contribution in [0.1, 0.15) is 16.1 Å². The fourth-order valence-electron chi connectivity index (χ4n) is 2.15. The van der Waals surface area contributed by atoms with E-state index in [0.717, 1.165) is 22.3 Å². The molecule has 0 saturated heterocycles. The van der Waals surface area contributed by atoms with Crippen molar-refractivity contribution in [3.63, 3.8) is 0 Å². The molecule has 2 N–H and O–H groups in total. The van der Waals surface area contributed by atoms with Gasteiger partial charge in [0, 0.05) is 38.4 Å². The summed E-state index contributed by atoms with van der Waals surface area (Å²) < 4.78 is 2.25. The second-order valence-electron chi connectivity index (χ2n) is 4.81. The molecular weight excluding hydrogens is 380 g/mol. The summed E-state index contributed by atoms with van der Waals surface area (Å²) in [7, 11) is 0. The van der Waals surface area contributed by atoms with Gasteiger partial charge in [0.25, 0.3) is 5.91 Å². The summed E-state index contributed by atoms with van der Waals surface area (Å²) in [5.74, 6) is -0.00307. The number of halogens is 1. The molecule has 0 aliphatic carbocycles. The van der Waals surface area contributed by atoms with Gasteiger partial charge in [-0.25, -0.2) is 0 Å². The van der Waals surface area contributed by atoms with Crippen molar-refractivity contribution in [2.45, 2.75) is 6.42 Å². The third kappa shape index (κ3) is 3.69. The van der Waals surface area contributed by atoms with Crippen molar-refractivity contribution >= 4 is 60.3 Å². The summed E-state index contributed by atoms with van der Waals surface area (Å²) in [6.07, 6.45) is 0.891. The predicted octanol–water partition coefficient (Wildman–Crippen LogP) is 4.96. The van der Waals surface area contributed by atoms with Crippen molar-refractivity contribution in [2.24, 2.45) is 0 Å². The highest BCUT2D eigenvalue weighted by molar-refractivity contribution is 9.10. The molecule has 1 amide bonds. The van der Waals surface area contributed by atoms with Crippen molar-refractivity contribution in [3.8, 4) is 0 Å². The zero-order chi connectivity index (χ0) is 15.4. The minimum absolute atomic E-state index is 0.00307. The van der Waals surface area contributed by atoms with Crippen molar-refractivity contribution < 1.29 is 4.79 Å². The number of hydrogen-bond donors (Lipinski definition) is 2. The fourth-order valence-corrected chi connectivity index (χ4v) is 4.41. The number of carbonyl (C=O) groups is 1. The van der Waals surface area contributed by atoms with E-state index in [9.17, 15) is 4.79 Å².